The molecule has 0 radical (unpaired) electrons. The Balaban J connectivity index is 1.54. The molecule has 3 rings (SSSR count). The van der Waals surface area contributed by atoms with Crippen LogP contribution in [0.2, 0.25) is 5.02 Å². The molecule has 140 valence electrons. The lowest BCUT2D eigenvalue weighted by atomic mass is 10.1. The molecule has 1 N–H and O–H groups in total. The summed E-state index contributed by atoms with van der Waals surface area (Å²) in [5, 5.41) is 12.7. The summed E-state index contributed by atoms with van der Waals surface area (Å²) >= 11 is 8.78. The summed E-state index contributed by atoms with van der Waals surface area (Å²) in [6.45, 7) is 2.02. The fourth-order valence-electron chi connectivity index (χ4n) is 2.40. The average Bonchev–Trinajstić information content (AvgIpc) is 3.13. The van der Waals surface area contributed by atoms with Gasteiger partial charge in [0.2, 0.25) is 11.0 Å². The molecule has 0 saturated heterocycles. The van der Waals surface area contributed by atoms with Gasteiger partial charge in [0, 0.05) is 17.8 Å². The number of nitrogens with zero attached hydrogens (tertiary/aromatic N) is 3. The smallest absolute Gasteiger partial charge is 0.233 e. The third-order valence-corrected chi connectivity index (χ3v) is 6.25. The molecule has 0 bridgehead atoms. The van der Waals surface area contributed by atoms with E-state index >= 15 is 0 Å². The number of nitrogens with one attached hydrogen (secondary N) is 1. The second kappa shape index (κ2) is 9.21. The number of halogens is 1. The van der Waals surface area contributed by atoms with Crippen LogP contribution in [-0.4, -0.2) is 33.8 Å². The minimum absolute atomic E-state index is 0.0220. The van der Waals surface area contributed by atoms with E-state index in [0.717, 1.165) is 15.6 Å². The van der Waals surface area contributed by atoms with Crippen molar-refractivity contribution < 1.29 is 4.79 Å². The molecule has 3 aromatic rings. The standard InChI is InChI=1S/C19H19ClN4OS2/c1-13(14-7-4-3-5-8-14)24(2)17(25)12-26-19-23-22-18(27-19)21-16-10-6-9-15(20)11-16/h3-11,13H,12H2,1-2H3,(H,21,22)/t13-/m0/s1. The van der Waals surface area contributed by atoms with Crippen molar-refractivity contribution in [3.8, 4) is 0 Å². The van der Waals surface area contributed by atoms with Crippen LogP contribution in [0.25, 0.3) is 0 Å². The maximum atomic E-state index is 12.5. The van der Waals surface area contributed by atoms with E-state index < -0.39 is 0 Å². The number of aromatic nitrogens is 2. The van der Waals surface area contributed by atoms with E-state index in [1.807, 2.05) is 68.6 Å². The van der Waals surface area contributed by atoms with Gasteiger partial charge in [-0.2, -0.15) is 0 Å². The molecule has 5 nitrogen and oxygen atoms in total. The minimum atomic E-state index is 0.0220. The largest absolute Gasteiger partial charge is 0.338 e. The van der Waals surface area contributed by atoms with Crippen LogP contribution >= 0.6 is 34.7 Å². The molecule has 1 heterocycles. The molecule has 0 fully saturated rings. The van der Waals surface area contributed by atoms with Crippen LogP contribution in [0.15, 0.2) is 58.9 Å². The lowest BCUT2D eigenvalue weighted by Gasteiger charge is -2.25. The molecule has 0 unspecified atom stereocenters. The molecular weight excluding hydrogens is 400 g/mol. The number of carbonyl (C=O) groups excluding carboxylic acids is 1. The Bertz CT molecular complexity index is 903. The molecule has 2 aromatic carbocycles. The van der Waals surface area contributed by atoms with Gasteiger partial charge in [-0.3, -0.25) is 4.79 Å². The van der Waals surface area contributed by atoms with Gasteiger partial charge in [0.25, 0.3) is 0 Å². The van der Waals surface area contributed by atoms with Crippen molar-refractivity contribution in [1.29, 1.82) is 0 Å². The number of amides is 1. The molecule has 0 aliphatic carbocycles. The molecule has 0 spiro atoms. The SMILES string of the molecule is C[C@@H](c1ccccc1)N(C)C(=O)CSc1nnc(Nc2cccc(Cl)c2)s1. The zero-order valence-electron chi connectivity index (χ0n) is 14.9. The first-order chi connectivity index (χ1) is 13.0. The first-order valence-electron chi connectivity index (χ1n) is 8.32. The summed E-state index contributed by atoms with van der Waals surface area (Å²) in [6.07, 6.45) is 0. The number of hydrogen-bond acceptors (Lipinski definition) is 6. The second-order valence-electron chi connectivity index (χ2n) is 5.89. The third kappa shape index (κ3) is 5.45. The maximum absolute atomic E-state index is 12.5. The van der Waals surface area contributed by atoms with Gasteiger partial charge >= 0.3 is 0 Å². The Labute approximate surface area is 171 Å². The van der Waals surface area contributed by atoms with Crippen LogP contribution in [-0.2, 0) is 4.79 Å². The molecule has 1 atom stereocenters. The summed E-state index contributed by atoms with van der Waals surface area (Å²) in [5.41, 5.74) is 1.96. The Morgan fingerprint density at radius 3 is 2.74 bits per heavy atom. The molecule has 8 heteroatoms. The molecule has 1 aromatic heterocycles. The number of rotatable bonds is 7. The Morgan fingerprint density at radius 1 is 1.22 bits per heavy atom. The zero-order chi connectivity index (χ0) is 19.2. The predicted octanol–water partition coefficient (Wildman–Crippen LogP) is 5.25. The van der Waals surface area contributed by atoms with E-state index in [2.05, 4.69) is 15.5 Å². The van der Waals surface area contributed by atoms with Gasteiger partial charge in [-0.15, -0.1) is 10.2 Å². The van der Waals surface area contributed by atoms with E-state index in [-0.39, 0.29) is 11.9 Å². The zero-order valence-corrected chi connectivity index (χ0v) is 17.3. The van der Waals surface area contributed by atoms with Crippen LogP contribution in [0.3, 0.4) is 0 Å². The van der Waals surface area contributed by atoms with Gasteiger partial charge in [-0.25, -0.2) is 0 Å². The number of carbonyl (C=O) groups is 1. The lowest BCUT2D eigenvalue weighted by Crippen LogP contribution is -2.31. The van der Waals surface area contributed by atoms with Crippen LogP contribution in [0, 0.1) is 0 Å². The van der Waals surface area contributed by atoms with Gasteiger partial charge in [-0.1, -0.05) is 71.1 Å². The quantitative estimate of drug-likeness (QED) is 0.531. The van der Waals surface area contributed by atoms with Gasteiger partial charge < -0.3 is 10.2 Å². The first kappa shape index (κ1) is 19.7. The minimum Gasteiger partial charge on any atom is -0.338 e. The van der Waals surface area contributed by atoms with Crippen LogP contribution in [0.5, 0.6) is 0 Å². The van der Waals surface area contributed by atoms with Crippen molar-refractivity contribution >= 4 is 51.4 Å². The highest BCUT2D eigenvalue weighted by atomic mass is 35.5. The van der Waals surface area contributed by atoms with Crippen LogP contribution in [0.1, 0.15) is 18.5 Å². The number of anilines is 2. The highest BCUT2D eigenvalue weighted by Crippen LogP contribution is 2.29. The predicted molar refractivity (Wildman–Crippen MR) is 113 cm³/mol. The Morgan fingerprint density at radius 2 is 2.00 bits per heavy atom. The monoisotopic (exact) mass is 418 g/mol. The van der Waals surface area contributed by atoms with E-state index in [1.54, 1.807) is 4.90 Å². The highest BCUT2D eigenvalue weighted by Gasteiger charge is 2.18. The molecule has 0 saturated carbocycles. The third-order valence-electron chi connectivity index (χ3n) is 4.06. The Kier molecular flexibility index (Phi) is 6.71. The second-order valence-corrected chi connectivity index (χ2v) is 8.52. The van der Waals surface area contributed by atoms with Gasteiger partial charge in [0.1, 0.15) is 0 Å². The average molecular weight is 419 g/mol. The summed E-state index contributed by atoms with van der Waals surface area (Å²) in [4.78, 5) is 14.3. The molecule has 0 aliphatic rings. The first-order valence-corrected chi connectivity index (χ1v) is 10.5. The van der Waals surface area contributed by atoms with Crippen molar-refractivity contribution in [3.05, 3.63) is 65.2 Å². The Hall–Kier alpha value is -2.09. The molecular formula is C19H19ClN4OS2. The van der Waals surface area contributed by atoms with Crippen molar-refractivity contribution in [1.82, 2.24) is 15.1 Å². The lowest BCUT2D eigenvalue weighted by molar-refractivity contribution is -0.128. The number of benzene rings is 2. The summed E-state index contributed by atoms with van der Waals surface area (Å²) in [6, 6.07) is 17.4. The normalized spacial score (nSPS) is 11.8. The van der Waals surface area contributed by atoms with E-state index in [0.29, 0.717) is 15.9 Å². The van der Waals surface area contributed by atoms with Gasteiger partial charge in [0.05, 0.1) is 11.8 Å². The van der Waals surface area contributed by atoms with Gasteiger partial charge in [0.15, 0.2) is 4.34 Å². The fourth-order valence-corrected chi connectivity index (χ4v) is 4.29. The number of hydrogen-bond donors (Lipinski definition) is 1. The van der Waals surface area contributed by atoms with Crippen LogP contribution in [0.4, 0.5) is 10.8 Å². The summed E-state index contributed by atoms with van der Waals surface area (Å²) < 4.78 is 0.744. The van der Waals surface area contributed by atoms with E-state index in [9.17, 15) is 4.79 Å². The van der Waals surface area contributed by atoms with Crippen molar-refractivity contribution in [3.63, 3.8) is 0 Å². The van der Waals surface area contributed by atoms with Crippen molar-refractivity contribution in [2.45, 2.75) is 17.3 Å². The van der Waals surface area contributed by atoms with Crippen molar-refractivity contribution in [2.24, 2.45) is 0 Å². The van der Waals surface area contributed by atoms with E-state index in [4.69, 9.17) is 11.6 Å². The summed E-state index contributed by atoms with van der Waals surface area (Å²) in [5.74, 6) is 0.371. The summed E-state index contributed by atoms with van der Waals surface area (Å²) in [7, 11) is 1.83. The van der Waals surface area contributed by atoms with E-state index in [1.165, 1.54) is 23.1 Å². The molecule has 0 aliphatic heterocycles. The highest BCUT2D eigenvalue weighted by molar-refractivity contribution is 8.01. The van der Waals surface area contributed by atoms with Crippen molar-refractivity contribution in [2.75, 3.05) is 18.1 Å². The van der Waals surface area contributed by atoms with Crippen LogP contribution < -0.4 is 5.32 Å². The maximum Gasteiger partial charge on any atom is 0.233 e. The number of thioether (sulfide) groups is 1. The fraction of sp³-hybridized carbons (Fsp3) is 0.211. The van der Waals surface area contributed by atoms with Gasteiger partial charge in [-0.05, 0) is 30.7 Å². The topological polar surface area (TPSA) is 58.1 Å². The molecule has 1 amide bonds. The molecule has 27 heavy (non-hydrogen) atoms.